The van der Waals surface area contributed by atoms with Crippen LogP contribution in [0.3, 0.4) is 0 Å². The molecule has 162 valence electrons. The van der Waals surface area contributed by atoms with Crippen molar-refractivity contribution in [1.29, 1.82) is 0 Å². The molecule has 3 aromatic rings. The summed E-state index contributed by atoms with van der Waals surface area (Å²) in [6.45, 7) is 4.87. The number of hydrogen-bond acceptors (Lipinski definition) is 6. The maximum Gasteiger partial charge on any atom is 0.337 e. The Morgan fingerprint density at radius 2 is 2.13 bits per heavy atom. The number of pyridine rings is 1. The molecule has 0 bridgehead atoms. The number of carbonyl (C=O) groups is 1. The first-order valence-electron chi connectivity index (χ1n) is 10.3. The summed E-state index contributed by atoms with van der Waals surface area (Å²) in [5, 5.41) is 11.7. The van der Waals surface area contributed by atoms with Crippen molar-refractivity contribution in [1.82, 2.24) is 9.99 Å². The van der Waals surface area contributed by atoms with E-state index in [1.54, 1.807) is 35.7 Å². The molecule has 0 spiro atoms. The number of aromatic carboxylic acids is 1. The normalized spacial score (nSPS) is 15.0. The van der Waals surface area contributed by atoms with Crippen LogP contribution in [-0.2, 0) is 19.4 Å². The number of nitrogens with two attached hydrogens (primary N) is 1. The molecule has 2 aromatic heterocycles. The first-order chi connectivity index (χ1) is 14.7. The Bertz CT molecular complexity index is 1110. The maximum atomic E-state index is 12.3. The van der Waals surface area contributed by atoms with Gasteiger partial charge in [-0.05, 0) is 65.6 Å². The molecule has 0 saturated heterocycles. The lowest BCUT2D eigenvalue weighted by Crippen LogP contribution is -2.25. The van der Waals surface area contributed by atoms with E-state index in [1.807, 2.05) is 30.3 Å². The zero-order valence-corrected chi connectivity index (χ0v) is 18.8. The summed E-state index contributed by atoms with van der Waals surface area (Å²) in [6, 6.07) is 11.2. The smallest absolute Gasteiger partial charge is 0.337 e. The highest BCUT2D eigenvalue weighted by atomic mass is 32.1. The number of fused-ring (bicyclic) bond motifs is 1. The number of hydrazine groups is 1. The monoisotopic (exact) mass is 437 g/mol. The van der Waals surface area contributed by atoms with Gasteiger partial charge in [0, 0.05) is 35.6 Å². The van der Waals surface area contributed by atoms with Crippen molar-refractivity contribution in [2.75, 3.05) is 7.05 Å². The molecule has 2 heterocycles. The number of carboxylic acid groups (broad SMARTS) is 1. The molecule has 0 unspecified atom stereocenters. The van der Waals surface area contributed by atoms with Gasteiger partial charge >= 0.3 is 5.97 Å². The van der Waals surface area contributed by atoms with E-state index < -0.39 is 5.97 Å². The highest BCUT2D eigenvalue weighted by Gasteiger charge is 2.33. The quantitative estimate of drug-likeness (QED) is 0.411. The predicted octanol–water partition coefficient (Wildman–Crippen LogP) is 5.12. The molecular formula is C24H27N3O3S. The van der Waals surface area contributed by atoms with Crippen molar-refractivity contribution in [3.8, 4) is 22.1 Å². The average Bonchev–Trinajstić information content (AvgIpc) is 3.06. The summed E-state index contributed by atoms with van der Waals surface area (Å²) in [5.74, 6) is 6.24. The van der Waals surface area contributed by atoms with Gasteiger partial charge in [0.1, 0.15) is 5.75 Å². The van der Waals surface area contributed by atoms with Crippen LogP contribution in [-0.4, -0.2) is 28.1 Å². The van der Waals surface area contributed by atoms with Gasteiger partial charge in [-0.25, -0.2) is 14.8 Å². The van der Waals surface area contributed by atoms with Crippen molar-refractivity contribution >= 4 is 17.3 Å². The second-order valence-electron chi connectivity index (χ2n) is 8.86. The largest absolute Gasteiger partial charge is 0.478 e. The summed E-state index contributed by atoms with van der Waals surface area (Å²) in [5.41, 5.74) is 3.34. The molecule has 4 rings (SSSR count). The van der Waals surface area contributed by atoms with Gasteiger partial charge in [-0.1, -0.05) is 19.9 Å². The van der Waals surface area contributed by atoms with E-state index in [1.165, 1.54) is 4.88 Å². The first-order valence-corrected chi connectivity index (χ1v) is 11.1. The third kappa shape index (κ3) is 4.63. The molecule has 3 N–H and O–H groups in total. The van der Waals surface area contributed by atoms with E-state index in [4.69, 9.17) is 10.6 Å². The maximum absolute atomic E-state index is 12.3. The molecule has 7 heteroatoms. The van der Waals surface area contributed by atoms with Crippen LogP contribution < -0.4 is 10.6 Å². The van der Waals surface area contributed by atoms with Crippen LogP contribution in [0.15, 0.2) is 42.6 Å². The van der Waals surface area contributed by atoms with E-state index in [2.05, 4.69) is 18.8 Å². The number of hydrogen-bond donors (Lipinski definition) is 2. The minimum Gasteiger partial charge on any atom is -0.478 e. The van der Waals surface area contributed by atoms with Crippen molar-refractivity contribution < 1.29 is 14.6 Å². The fourth-order valence-corrected chi connectivity index (χ4v) is 5.49. The molecule has 1 aromatic carbocycles. The molecule has 0 radical (unpaired) electrons. The minimum atomic E-state index is -0.869. The molecular weight excluding hydrogens is 410 g/mol. The average molecular weight is 438 g/mol. The summed E-state index contributed by atoms with van der Waals surface area (Å²) >= 11 is 1.60. The molecule has 0 amide bonds. The summed E-state index contributed by atoms with van der Waals surface area (Å²) in [6.07, 6.45) is 4.44. The van der Waals surface area contributed by atoms with Crippen LogP contribution in [0, 0.1) is 5.41 Å². The van der Waals surface area contributed by atoms with Crippen LogP contribution in [0.1, 0.15) is 46.6 Å². The van der Waals surface area contributed by atoms with Crippen LogP contribution in [0.4, 0.5) is 0 Å². The Morgan fingerprint density at radius 3 is 2.81 bits per heavy atom. The van der Waals surface area contributed by atoms with Crippen LogP contribution in [0.25, 0.3) is 10.4 Å². The highest BCUT2D eigenvalue weighted by Crippen LogP contribution is 2.46. The molecule has 6 nitrogen and oxygen atoms in total. The number of aryl methyl sites for hydroxylation is 1. The molecule has 0 saturated carbocycles. The minimum absolute atomic E-state index is 0.107. The Kier molecular flexibility index (Phi) is 5.83. The molecule has 0 fully saturated rings. The lowest BCUT2D eigenvalue weighted by molar-refractivity contribution is 0.0696. The fourth-order valence-electron chi connectivity index (χ4n) is 4.12. The Labute approximate surface area is 186 Å². The van der Waals surface area contributed by atoms with E-state index in [0.717, 1.165) is 40.8 Å². The standard InChI is InChI=1S/C24H27N3O3S/c1-24(2)10-9-19-18(13-24)21(23(28)29)22(31-19)17-8-7-16(12-15(17)14-27(3)25)30-20-6-4-5-11-26-20/h4-8,11-12H,9-10,13-14,25H2,1-3H3,(H,28,29). The zero-order valence-electron chi connectivity index (χ0n) is 18.0. The highest BCUT2D eigenvalue weighted by molar-refractivity contribution is 7.16. The summed E-state index contributed by atoms with van der Waals surface area (Å²) < 4.78 is 5.89. The fraction of sp³-hybridized carbons (Fsp3) is 0.333. The molecule has 0 aliphatic heterocycles. The van der Waals surface area contributed by atoms with Crippen LogP contribution >= 0.6 is 11.3 Å². The van der Waals surface area contributed by atoms with Gasteiger partial charge in [-0.3, -0.25) is 5.84 Å². The Balaban J connectivity index is 1.80. The van der Waals surface area contributed by atoms with Crippen LogP contribution in [0.2, 0.25) is 0 Å². The van der Waals surface area contributed by atoms with Crippen molar-refractivity contribution in [2.24, 2.45) is 11.3 Å². The molecule has 1 aliphatic carbocycles. The van der Waals surface area contributed by atoms with Crippen molar-refractivity contribution in [3.05, 3.63) is 64.2 Å². The number of nitrogens with zero attached hydrogens (tertiary/aromatic N) is 2. The number of rotatable bonds is 6. The van der Waals surface area contributed by atoms with Gasteiger partial charge in [0.2, 0.25) is 5.88 Å². The number of ether oxygens (including phenoxy) is 1. The summed E-state index contributed by atoms with van der Waals surface area (Å²) in [7, 11) is 1.79. The zero-order chi connectivity index (χ0) is 22.2. The van der Waals surface area contributed by atoms with Gasteiger partial charge in [0.25, 0.3) is 0 Å². The number of aromatic nitrogens is 1. The van der Waals surface area contributed by atoms with Gasteiger partial charge in [0.15, 0.2) is 0 Å². The van der Waals surface area contributed by atoms with Gasteiger partial charge in [-0.15, -0.1) is 11.3 Å². The summed E-state index contributed by atoms with van der Waals surface area (Å²) in [4.78, 5) is 18.5. The van der Waals surface area contributed by atoms with E-state index in [9.17, 15) is 9.90 Å². The van der Waals surface area contributed by atoms with E-state index >= 15 is 0 Å². The Morgan fingerprint density at radius 1 is 1.32 bits per heavy atom. The van der Waals surface area contributed by atoms with Gasteiger partial charge < -0.3 is 9.84 Å². The topological polar surface area (TPSA) is 88.7 Å². The second kappa shape index (κ2) is 8.42. The van der Waals surface area contributed by atoms with Crippen molar-refractivity contribution in [3.63, 3.8) is 0 Å². The van der Waals surface area contributed by atoms with Crippen molar-refractivity contribution in [2.45, 2.75) is 39.7 Å². The third-order valence-corrected chi connectivity index (χ3v) is 6.92. The molecule has 1 aliphatic rings. The first kappa shape index (κ1) is 21.5. The number of thiophene rings is 1. The van der Waals surface area contributed by atoms with Crippen LogP contribution in [0.5, 0.6) is 11.6 Å². The number of benzene rings is 1. The lowest BCUT2D eigenvalue weighted by Gasteiger charge is -2.29. The molecule has 31 heavy (non-hydrogen) atoms. The lowest BCUT2D eigenvalue weighted by atomic mass is 9.76. The number of carboxylic acids is 1. The SMILES string of the molecule is CN(N)Cc1cc(Oc2ccccn2)ccc1-c1sc2c(c1C(=O)O)CC(C)(C)CC2. The second-order valence-corrected chi connectivity index (χ2v) is 9.96. The van der Waals surface area contributed by atoms with Gasteiger partial charge in [0.05, 0.1) is 5.56 Å². The molecule has 0 atom stereocenters. The van der Waals surface area contributed by atoms with Gasteiger partial charge in [-0.2, -0.15) is 0 Å². The van der Waals surface area contributed by atoms with E-state index in [0.29, 0.717) is 23.7 Å². The predicted molar refractivity (Wildman–Crippen MR) is 122 cm³/mol. The third-order valence-electron chi connectivity index (χ3n) is 5.59. The van der Waals surface area contributed by atoms with E-state index in [-0.39, 0.29) is 5.41 Å². The Hall–Kier alpha value is -2.74.